The number of rotatable bonds is 9. The summed E-state index contributed by atoms with van der Waals surface area (Å²) in [5, 5.41) is 3.25. The Balaban J connectivity index is 2.50. The fraction of sp³-hybridized carbons (Fsp3) is 0.714. The molecular formula is C14H27N5. The molecule has 1 aromatic rings. The molecule has 0 bridgehead atoms. The largest absolute Gasteiger partial charge is 0.356 e. The lowest BCUT2D eigenvalue weighted by atomic mass is 10.3. The summed E-state index contributed by atoms with van der Waals surface area (Å²) >= 11 is 0. The molecule has 1 aromatic heterocycles. The van der Waals surface area contributed by atoms with Gasteiger partial charge in [0.2, 0.25) is 0 Å². The lowest BCUT2D eigenvalue weighted by Crippen LogP contribution is -2.28. The van der Waals surface area contributed by atoms with Crippen LogP contribution in [0.2, 0.25) is 0 Å². The van der Waals surface area contributed by atoms with E-state index in [1.165, 1.54) is 0 Å². The number of hydrogen-bond acceptors (Lipinski definition) is 5. The van der Waals surface area contributed by atoms with Crippen LogP contribution in [0.25, 0.3) is 0 Å². The van der Waals surface area contributed by atoms with Gasteiger partial charge in [-0.05, 0) is 40.5 Å². The summed E-state index contributed by atoms with van der Waals surface area (Å²) in [7, 11) is 4.21. The minimum Gasteiger partial charge on any atom is -0.356 e. The zero-order valence-corrected chi connectivity index (χ0v) is 12.7. The van der Waals surface area contributed by atoms with Crippen molar-refractivity contribution in [3.05, 3.63) is 18.1 Å². The van der Waals surface area contributed by atoms with E-state index < -0.39 is 0 Å². The molecular weight excluding hydrogens is 238 g/mol. The summed E-state index contributed by atoms with van der Waals surface area (Å²) in [6.45, 7) is 9.08. The van der Waals surface area contributed by atoms with Gasteiger partial charge in [0, 0.05) is 19.6 Å². The van der Waals surface area contributed by atoms with Crippen LogP contribution in [0.15, 0.2) is 12.4 Å². The topological polar surface area (TPSA) is 44.3 Å². The van der Waals surface area contributed by atoms with Crippen molar-refractivity contribution in [2.45, 2.75) is 26.8 Å². The molecule has 0 aromatic carbocycles. The lowest BCUT2D eigenvalue weighted by Gasteiger charge is -2.22. The summed E-state index contributed by atoms with van der Waals surface area (Å²) in [4.78, 5) is 13.4. The molecule has 0 radical (unpaired) electrons. The average Bonchev–Trinajstić information content (AvgIpc) is 2.42. The SMILES string of the molecule is CCNCc1cnc(N(CC)CCCN(C)C)cn1. The molecule has 0 spiro atoms. The highest BCUT2D eigenvalue weighted by molar-refractivity contribution is 5.35. The van der Waals surface area contributed by atoms with Gasteiger partial charge < -0.3 is 15.1 Å². The van der Waals surface area contributed by atoms with Gasteiger partial charge in [-0.15, -0.1) is 0 Å². The number of anilines is 1. The van der Waals surface area contributed by atoms with Crippen molar-refractivity contribution in [1.82, 2.24) is 20.2 Å². The minimum atomic E-state index is 0.788. The normalized spacial score (nSPS) is 11.0. The van der Waals surface area contributed by atoms with Crippen molar-refractivity contribution in [3.8, 4) is 0 Å². The summed E-state index contributed by atoms with van der Waals surface area (Å²) in [5.74, 6) is 0.974. The van der Waals surface area contributed by atoms with Gasteiger partial charge in [0.25, 0.3) is 0 Å². The molecule has 0 aliphatic rings. The monoisotopic (exact) mass is 265 g/mol. The van der Waals surface area contributed by atoms with E-state index in [1.54, 1.807) is 0 Å². The molecule has 108 valence electrons. The van der Waals surface area contributed by atoms with Crippen LogP contribution < -0.4 is 10.2 Å². The van der Waals surface area contributed by atoms with E-state index in [0.29, 0.717) is 0 Å². The van der Waals surface area contributed by atoms with Crippen LogP contribution in [-0.2, 0) is 6.54 Å². The Morgan fingerprint density at radius 3 is 2.42 bits per heavy atom. The van der Waals surface area contributed by atoms with Crippen LogP contribution >= 0.6 is 0 Å². The summed E-state index contributed by atoms with van der Waals surface area (Å²) < 4.78 is 0. The molecule has 0 aliphatic heterocycles. The number of nitrogens with zero attached hydrogens (tertiary/aromatic N) is 4. The molecule has 0 amide bonds. The van der Waals surface area contributed by atoms with Gasteiger partial charge in [-0.1, -0.05) is 6.92 Å². The van der Waals surface area contributed by atoms with Crippen molar-refractivity contribution in [2.75, 3.05) is 45.2 Å². The van der Waals surface area contributed by atoms with E-state index in [-0.39, 0.29) is 0 Å². The Hall–Kier alpha value is -1.20. The second kappa shape index (κ2) is 8.82. The van der Waals surface area contributed by atoms with E-state index in [9.17, 15) is 0 Å². The van der Waals surface area contributed by atoms with E-state index in [0.717, 1.165) is 50.7 Å². The quantitative estimate of drug-likeness (QED) is 0.730. The first kappa shape index (κ1) is 15.9. The fourth-order valence-corrected chi connectivity index (χ4v) is 1.87. The Morgan fingerprint density at radius 2 is 1.89 bits per heavy atom. The molecule has 19 heavy (non-hydrogen) atoms. The van der Waals surface area contributed by atoms with Crippen molar-refractivity contribution >= 4 is 5.82 Å². The molecule has 1 heterocycles. The highest BCUT2D eigenvalue weighted by Gasteiger charge is 2.06. The van der Waals surface area contributed by atoms with Gasteiger partial charge in [0.05, 0.1) is 18.1 Å². The van der Waals surface area contributed by atoms with Gasteiger partial charge in [-0.3, -0.25) is 4.98 Å². The van der Waals surface area contributed by atoms with E-state index >= 15 is 0 Å². The average molecular weight is 265 g/mol. The third kappa shape index (κ3) is 5.98. The van der Waals surface area contributed by atoms with Crippen LogP contribution in [0.4, 0.5) is 5.82 Å². The smallest absolute Gasteiger partial charge is 0.147 e. The lowest BCUT2D eigenvalue weighted by molar-refractivity contribution is 0.400. The molecule has 1 N–H and O–H groups in total. The third-order valence-electron chi connectivity index (χ3n) is 2.99. The summed E-state index contributed by atoms with van der Waals surface area (Å²) in [6, 6.07) is 0. The van der Waals surface area contributed by atoms with E-state index in [1.807, 2.05) is 12.4 Å². The maximum absolute atomic E-state index is 4.51. The Labute approximate surface area is 117 Å². The highest BCUT2D eigenvalue weighted by atomic mass is 15.2. The Morgan fingerprint density at radius 1 is 1.11 bits per heavy atom. The Bertz CT molecular complexity index is 336. The third-order valence-corrected chi connectivity index (χ3v) is 2.99. The molecule has 0 aliphatic carbocycles. The minimum absolute atomic E-state index is 0.788. The van der Waals surface area contributed by atoms with Gasteiger partial charge in [-0.25, -0.2) is 4.98 Å². The van der Waals surface area contributed by atoms with Gasteiger partial charge in [-0.2, -0.15) is 0 Å². The number of hydrogen-bond donors (Lipinski definition) is 1. The van der Waals surface area contributed by atoms with Crippen molar-refractivity contribution in [3.63, 3.8) is 0 Å². The molecule has 5 nitrogen and oxygen atoms in total. The van der Waals surface area contributed by atoms with Crippen LogP contribution in [0, 0.1) is 0 Å². The molecule has 5 heteroatoms. The predicted octanol–water partition coefficient (Wildman–Crippen LogP) is 1.36. The first-order valence-corrected chi connectivity index (χ1v) is 7.08. The first-order valence-electron chi connectivity index (χ1n) is 7.08. The van der Waals surface area contributed by atoms with Crippen molar-refractivity contribution < 1.29 is 0 Å². The molecule has 0 atom stereocenters. The molecule has 0 fully saturated rings. The summed E-state index contributed by atoms with van der Waals surface area (Å²) in [5.41, 5.74) is 0.995. The van der Waals surface area contributed by atoms with Gasteiger partial charge in [0.15, 0.2) is 0 Å². The molecule has 0 saturated heterocycles. The van der Waals surface area contributed by atoms with Crippen molar-refractivity contribution in [2.24, 2.45) is 0 Å². The first-order chi connectivity index (χ1) is 9.17. The standard InChI is InChI=1S/C14H27N5/c1-5-15-10-13-11-17-14(12-16-13)19(6-2)9-7-8-18(3)4/h11-12,15H,5-10H2,1-4H3. The fourth-order valence-electron chi connectivity index (χ4n) is 1.87. The molecule has 1 rings (SSSR count). The predicted molar refractivity (Wildman–Crippen MR) is 80.5 cm³/mol. The molecule has 0 saturated carbocycles. The van der Waals surface area contributed by atoms with E-state index in [2.05, 4.69) is 53.0 Å². The van der Waals surface area contributed by atoms with Crippen LogP contribution in [0.3, 0.4) is 0 Å². The zero-order valence-electron chi connectivity index (χ0n) is 12.7. The highest BCUT2D eigenvalue weighted by Crippen LogP contribution is 2.09. The van der Waals surface area contributed by atoms with Crippen molar-refractivity contribution in [1.29, 1.82) is 0 Å². The number of aromatic nitrogens is 2. The zero-order chi connectivity index (χ0) is 14.1. The van der Waals surface area contributed by atoms with Crippen LogP contribution in [0.5, 0.6) is 0 Å². The van der Waals surface area contributed by atoms with Crippen LogP contribution in [-0.4, -0.2) is 55.1 Å². The van der Waals surface area contributed by atoms with Gasteiger partial charge >= 0.3 is 0 Å². The second-order valence-electron chi connectivity index (χ2n) is 4.88. The van der Waals surface area contributed by atoms with E-state index in [4.69, 9.17) is 0 Å². The summed E-state index contributed by atoms with van der Waals surface area (Å²) in [6.07, 6.45) is 4.89. The maximum atomic E-state index is 4.51. The van der Waals surface area contributed by atoms with Crippen LogP contribution in [0.1, 0.15) is 26.0 Å². The Kier molecular flexibility index (Phi) is 7.36. The number of nitrogens with one attached hydrogen (secondary N) is 1. The second-order valence-corrected chi connectivity index (χ2v) is 4.88. The molecule has 0 unspecified atom stereocenters. The maximum Gasteiger partial charge on any atom is 0.147 e. The van der Waals surface area contributed by atoms with Gasteiger partial charge in [0.1, 0.15) is 5.82 Å².